The van der Waals surface area contributed by atoms with Crippen molar-refractivity contribution in [3.05, 3.63) is 35.5 Å². The number of pyridine rings is 1. The molecule has 0 bridgehead atoms. The van der Waals surface area contributed by atoms with E-state index in [0.29, 0.717) is 45.0 Å². The Balaban J connectivity index is 1.34. The van der Waals surface area contributed by atoms with Crippen LogP contribution < -0.4 is 10.2 Å². The maximum Gasteiger partial charge on any atom is 0.433 e. The lowest BCUT2D eigenvalue weighted by atomic mass is 10.0. The number of hydrogen-bond donors (Lipinski definition) is 1. The van der Waals surface area contributed by atoms with Crippen LogP contribution in [0.2, 0.25) is 0 Å². The van der Waals surface area contributed by atoms with Crippen molar-refractivity contribution >= 4 is 34.3 Å². The Bertz CT molecular complexity index is 1130. The molecule has 1 amide bonds. The summed E-state index contributed by atoms with van der Waals surface area (Å²) in [7, 11) is 0. The molecule has 0 radical (unpaired) electrons. The van der Waals surface area contributed by atoms with Gasteiger partial charge in [-0.15, -0.1) is 11.8 Å². The summed E-state index contributed by atoms with van der Waals surface area (Å²) in [6.45, 7) is 3.15. The lowest BCUT2D eigenvalue weighted by molar-refractivity contribution is -0.142. The molecule has 36 heavy (non-hydrogen) atoms. The quantitative estimate of drug-likeness (QED) is 0.608. The standard InChI is InChI=1S/C23H25F6N5OS/c24-22(25,26)16-3-1-2-15-18(11-19(23(27,28)29)31-20(15)16)33-6-4-32(5-7-33)14-10-17(30-12-14)21(35)34-8-9-36-13-34/h1-3,11,14,17,30H,4-10,12-13H2/t14-,17-/m0/s1. The number of benzene rings is 1. The summed E-state index contributed by atoms with van der Waals surface area (Å²) in [4.78, 5) is 21.8. The minimum Gasteiger partial charge on any atom is -0.368 e. The van der Waals surface area contributed by atoms with Crippen molar-refractivity contribution in [1.29, 1.82) is 0 Å². The lowest BCUT2D eigenvalue weighted by Crippen LogP contribution is -2.51. The zero-order valence-electron chi connectivity index (χ0n) is 19.2. The van der Waals surface area contributed by atoms with Crippen molar-refractivity contribution in [1.82, 2.24) is 20.1 Å². The fraction of sp³-hybridized carbons (Fsp3) is 0.565. The van der Waals surface area contributed by atoms with Gasteiger partial charge in [-0.25, -0.2) is 4.98 Å². The van der Waals surface area contributed by atoms with E-state index in [-0.39, 0.29) is 29.1 Å². The molecule has 3 saturated heterocycles. The fourth-order valence-electron chi connectivity index (χ4n) is 5.19. The first-order valence-electron chi connectivity index (χ1n) is 11.7. The summed E-state index contributed by atoms with van der Waals surface area (Å²) in [5.41, 5.74) is -3.12. The molecule has 1 aromatic carbocycles. The number of nitrogens with one attached hydrogen (secondary N) is 1. The highest BCUT2D eigenvalue weighted by Crippen LogP contribution is 2.40. The molecule has 4 heterocycles. The van der Waals surface area contributed by atoms with Crippen molar-refractivity contribution in [2.75, 3.05) is 55.8 Å². The third-order valence-electron chi connectivity index (χ3n) is 7.05. The Labute approximate surface area is 208 Å². The minimum absolute atomic E-state index is 0.0444. The van der Waals surface area contributed by atoms with Gasteiger partial charge in [-0.3, -0.25) is 9.69 Å². The van der Waals surface area contributed by atoms with E-state index in [2.05, 4.69) is 15.2 Å². The molecule has 0 spiro atoms. The van der Waals surface area contributed by atoms with Gasteiger partial charge in [-0.1, -0.05) is 12.1 Å². The molecule has 196 valence electrons. The van der Waals surface area contributed by atoms with Crippen LogP contribution in [0.25, 0.3) is 10.9 Å². The largest absolute Gasteiger partial charge is 0.433 e. The van der Waals surface area contributed by atoms with Crippen LogP contribution in [0, 0.1) is 0 Å². The van der Waals surface area contributed by atoms with Gasteiger partial charge in [0.1, 0.15) is 5.69 Å². The number of rotatable bonds is 3. The van der Waals surface area contributed by atoms with Crippen LogP contribution in [0.15, 0.2) is 24.3 Å². The molecule has 2 aromatic rings. The Morgan fingerprint density at radius 3 is 2.42 bits per heavy atom. The van der Waals surface area contributed by atoms with Crippen LogP contribution in [-0.2, 0) is 17.1 Å². The van der Waals surface area contributed by atoms with E-state index < -0.39 is 29.1 Å². The van der Waals surface area contributed by atoms with Crippen molar-refractivity contribution in [3.8, 4) is 0 Å². The molecule has 6 nitrogen and oxygen atoms in total. The number of carbonyl (C=O) groups excluding carboxylic acids is 1. The van der Waals surface area contributed by atoms with Gasteiger partial charge in [0, 0.05) is 62.1 Å². The number of para-hydroxylation sites is 1. The number of carbonyl (C=O) groups is 1. The average Bonchev–Trinajstić information content (AvgIpc) is 3.54. The van der Waals surface area contributed by atoms with E-state index in [9.17, 15) is 31.1 Å². The highest BCUT2D eigenvalue weighted by Gasteiger charge is 2.39. The monoisotopic (exact) mass is 533 g/mol. The molecule has 3 aliphatic rings. The summed E-state index contributed by atoms with van der Waals surface area (Å²) in [6, 6.07) is 4.05. The molecule has 0 saturated carbocycles. The van der Waals surface area contributed by atoms with E-state index in [4.69, 9.17) is 0 Å². The second kappa shape index (κ2) is 9.56. The zero-order valence-corrected chi connectivity index (χ0v) is 20.0. The second-order valence-corrected chi connectivity index (χ2v) is 10.3. The Hall–Kier alpha value is -2.25. The molecule has 13 heteroatoms. The number of nitrogens with zero attached hydrogens (tertiary/aromatic N) is 4. The van der Waals surface area contributed by atoms with Gasteiger partial charge in [-0.05, 0) is 18.6 Å². The maximum atomic E-state index is 13.6. The molecule has 2 atom stereocenters. The number of alkyl halides is 6. The number of halogens is 6. The van der Waals surface area contributed by atoms with Crippen molar-refractivity contribution in [2.24, 2.45) is 0 Å². The molecule has 1 N–H and O–H groups in total. The molecule has 3 aliphatic heterocycles. The van der Waals surface area contributed by atoms with Gasteiger partial charge >= 0.3 is 12.4 Å². The molecular weight excluding hydrogens is 508 g/mol. The second-order valence-electron chi connectivity index (χ2n) is 9.24. The summed E-state index contributed by atoms with van der Waals surface area (Å²) in [6.07, 6.45) is -9.05. The molecule has 0 aliphatic carbocycles. The number of amides is 1. The first-order chi connectivity index (χ1) is 17.0. The molecule has 1 aromatic heterocycles. The van der Waals surface area contributed by atoms with Crippen molar-refractivity contribution in [3.63, 3.8) is 0 Å². The van der Waals surface area contributed by atoms with Gasteiger partial charge in [0.25, 0.3) is 0 Å². The summed E-state index contributed by atoms with van der Waals surface area (Å²) in [5, 5.41) is 3.34. The molecule has 0 unspecified atom stereocenters. The Kier molecular flexibility index (Phi) is 6.75. The van der Waals surface area contributed by atoms with Crippen LogP contribution in [0.4, 0.5) is 32.0 Å². The third-order valence-corrected chi connectivity index (χ3v) is 8.02. The zero-order chi connectivity index (χ0) is 25.7. The van der Waals surface area contributed by atoms with Gasteiger partial charge in [-0.2, -0.15) is 26.3 Å². The van der Waals surface area contributed by atoms with Gasteiger partial charge in [0.2, 0.25) is 5.91 Å². The van der Waals surface area contributed by atoms with E-state index in [1.807, 2.05) is 4.90 Å². The first-order valence-corrected chi connectivity index (χ1v) is 12.8. The smallest absolute Gasteiger partial charge is 0.368 e. The lowest BCUT2D eigenvalue weighted by Gasteiger charge is -2.39. The van der Waals surface area contributed by atoms with Gasteiger partial charge in [0.15, 0.2) is 0 Å². The van der Waals surface area contributed by atoms with Crippen LogP contribution in [-0.4, -0.2) is 83.7 Å². The molecular formula is C23H25F6N5OS. The van der Waals surface area contributed by atoms with Crippen LogP contribution in [0.5, 0.6) is 0 Å². The van der Waals surface area contributed by atoms with Gasteiger partial charge < -0.3 is 15.1 Å². The van der Waals surface area contributed by atoms with E-state index >= 15 is 0 Å². The van der Waals surface area contributed by atoms with Gasteiger partial charge in [0.05, 0.1) is 23.0 Å². The van der Waals surface area contributed by atoms with Crippen LogP contribution in [0.3, 0.4) is 0 Å². The van der Waals surface area contributed by atoms with Crippen LogP contribution >= 0.6 is 11.8 Å². The van der Waals surface area contributed by atoms with E-state index in [1.54, 1.807) is 16.7 Å². The Morgan fingerprint density at radius 2 is 1.78 bits per heavy atom. The number of hydrogen-bond acceptors (Lipinski definition) is 6. The molecule has 3 fully saturated rings. The van der Waals surface area contributed by atoms with Crippen molar-refractivity contribution < 1.29 is 31.1 Å². The number of fused-ring (bicyclic) bond motifs is 1. The Morgan fingerprint density at radius 1 is 1.03 bits per heavy atom. The average molecular weight is 534 g/mol. The fourth-order valence-corrected chi connectivity index (χ4v) is 6.14. The maximum absolute atomic E-state index is 13.6. The third kappa shape index (κ3) is 4.97. The highest BCUT2D eigenvalue weighted by molar-refractivity contribution is 7.99. The topological polar surface area (TPSA) is 51.7 Å². The van der Waals surface area contributed by atoms with E-state index in [0.717, 1.165) is 24.4 Å². The summed E-state index contributed by atoms with van der Waals surface area (Å²) >= 11 is 1.73. The SMILES string of the molecule is O=C([C@@H]1C[C@H](N2CCN(c3cc(C(F)(F)F)nc4c(C(F)(F)F)cccc34)CC2)CN1)N1CCSC1. The normalized spacial score (nSPS) is 24.2. The van der Waals surface area contributed by atoms with Crippen LogP contribution in [0.1, 0.15) is 17.7 Å². The predicted octanol–water partition coefficient (Wildman–Crippen LogP) is 3.66. The predicted molar refractivity (Wildman–Crippen MR) is 125 cm³/mol. The number of aromatic nitrogens is 1. The number of thioether (sulfide) groups is 1. The first kappa shape index (κ1) is 25.4. The van der Waals surface area contributed by atoms with Crippen molar-refractivity contribution in [2.45, 2.75) is 30.9 Å². The minimum atomic E-state index is -4.88. The summed E-state index contributed by atoms with van der Waals surface area (Å²) < 4.78 is 81.4. The number of piperazine rings is 1. The number of anilines is 1. The highest BCUT2D eigenvalue weighted by atomic mass is 32.2. The molecule has 5 rings (SSSR count). The summed E-state index contributed by atoms with van der Waals surface area (Å²) in [5.74, 6) is 1.74. The van der Waals surface area contributed by atoms with E-state index in [1.165, 1.54) is 12.1 Å².